The molecule has 1 fully saturated rings. The zero-order chi connectivity index (χ0) is 19.8. The van der Waals surface area contributed by atoms with Crippen LogP contribution in [0.4, 0.5) is 9.18 Å². The Kier molecular flexibility index (Phi) is 4.31. The van der Waals surface area contributed by atoms with Gasteiger partial charge in [-0.1, -0.05) is 0 Å². The topological polar surface area (TPSA) is 105 Å². The number of cyclic esters (lactones) is 1. The van der Waals surface area contributed by atoms with Crippen LogP contribution in [-0.4, -0.2) is 40.8 Å². The molecule has 28 heavy (non-hydrogen) atoms. The van der Waals surface area contributed by atoms with Crippen molar-refractivity contribution in [2.24, 2.45) is 0 Å². The standard InChI is InChI=1S/C19H15FN4O4/c1-10(25)23-8-17-18-24(19(26)28-17)9-12-5-14(15(20)6-16(12)27-18)11-2-3-22-13(4-11)7-21/h2-6,17-18H,8-9H2,1H3,(H,23,25)/t17-,18-/m0/s1. The Labute approximate surface area is 159 Å². The summed E-state index contributed by atoms with van der Waals surface area (Å²) in [7, 11) is 0. The summed E-state index contributed by atoms with van der Waals surface area (Å²) in [6.07, 6.45) is -0.564. The molecule has 2 atom stereocenters. The highest BCUT2D eigenvalue weighted by molar-refractivity contribution is 5.74. The van der Waals surface area contributed by atoms with Gasteiger partial charge in [-0.15, -0.1) is 0 Å². The number of nitrogens with zero attached hydrogens (tertiary/aromatic N) is 3. The summed E-state index contributed by atoms with van der Waals surface area (Å²) in [4.78, 5) is 28.6. The number of carbonyl (C=O) groups excluding carboxylic acids is 2. The first-order valence-electron chi connectivity index (χ1n) is 8.53. The first-order chi connectivity index (χ1) is 13.5. The molecular weight excluding hydrogens is 367 g/mol. The zero-order valence-corrected chi connectivity index (χ0v) is 14.8. The zero-order valence-electron chi connectivity index (χ0n) is 14.8. The number of nitriles is 1. The number of hydrogen-bond acceptors (Lipinski definition) is 6. The van der Waals surface area contributed by atoms with Gasteiger partial charge in [-0.3, -0.25) is 9.69 Å². The van der Waals surface area contributed by atoms with E-state index >= 15 is 0 Å². The second-order valence-corrected chi connectivity index (χ2v) is 6.48. The van der Waals surface area contributed by atoms with Crippen molar-refractivity contribution in [3.8, 4) is 22.9 Å². The van der Waals surface area contributed by atoms with Crippen LogP contribution < -0.4 is 10.1 Å². The molecule has 0 unspecified atom stereocenters. The number of benzene rings is 1. The SMILES string of the molecule is CC(=O)NC[C@@H]1OC(=O)N2Cc3cc(-c4ccnc(C#N)c4)c(F)cc3O[C@@H]12. The van der Waals surface area contributed by atoms with E-state index in [1.807, 2.05) is 6.07 Å². The Hall–Kier alpha value is -3.67. The number of hydrogen-bond donors (Lipinski definition) is 1. The molecule has 2 aliphatic rings. The van der Waals surface area contributed by atoms with Crippen molar-refractivity contribution >= 4 is 12.0 Å². The van der Waals surface area contributed by atoms with E-state index < -0.39 is 24.2 Å². The van der Waals surface area contributed by atoms with Gasteiger partial charge in [-0.2, -0.15) is 5.26 Å². The lowest BCUT2D eigenvalue weighted by Crippen LogP contribution is -2.47. The van der Waals surface area contributed by atoms with Gasteiger partial charge in [0.15, 0.2) is 6.10 Å². The van der Waals surface area contributed by atoms with Gasteiger partial charge in [0.2, 0.25) is 12.1 Å². The van der Waals surface area contributed by atoms with E-state index in [1.165, 1.54) is 30.2 Å². The molecule has 0 bridgehead atoms. The fraction of sp³-hybridized carbons (Fsp3) is 0.263. The van der Waals surface area contributed by atoms with Gasteiger partial charge < -0.3 is 14.8 Å². The van der Waals surface area contributed by atoms with E-state index in [-0.39, 0.29) is 30.3 Å². The molecule has 8 nitrogen and oxygen atoms in total. The summed E-state index contributed by atoms with van der Waals surface area (Å²) in [6, 6.07) is 7.86. The van der Waals surface area contributed by atoms with E-state index in [0.717, 1.165) is 0 Å². The third kappa shape index (κ3) is 3.09. The summed E-state index contributed by atoms with van der Waals surface area (Å²) in [5.74, 6) is -0.468. The quantitative estimate of drug-likeness (QED) is 0.870. The van der Waals surface area contributed by atoms with Crippen molar-refractivity contribution in [1.82, 2.24) is 15.2 Å². The molecule has 0 spiro atoms. The minimum Gasteiger partial charge on any atom is -0.466 e. The first kappa shape index (κ1) is 17.7. The summed E-state index contributed by atoms with van der Waals surface area (Å²) in [5, 5.41) is 11.6. The molecule has 1 aromatic heterocycles. The third-order valence-electron chi connectivity index (χ3n) is 4.59. The van der Waals surface area contributed by atoms with Crippen molar-refractivity contribution in [1.29, 1.82) is 5.26 Å². The number of ether oxygens (including phenoxy) is 2. The lowest BCUT2D eigenvalue weighted by Gasteiger charge is -2.31. The van der Waals surface area contributed by atoms with Gasteiger partial charge >= 0.3 is 6.09 Å². The van der Waals surface area contributed by atoms with Crippen LogP contribution in [0.15, 0.2) is 30.5 Å². The average molecular weight is 382 g/mol. The molecule has 9 heteroatoms. The summed E-state index contributed by atoms with van der Waals surface area (Å²) >= 11 is 0. The molecule has 142 valence electrons. The first-order valence-corrected chi connectivity index (χ1v) is 8.53. The minimum atomic E-state index is -0.747. The maximum Gasteiger partial charge on any atom is 0.413 e. The summed E-state index contributed by atoms with van der Waals surface area (Å²) in [6.45, 7) is 1.64. The number of halogens is 1. The molecule has 1 N–H and O–H groups in total. The van der Waals surface area contributed by atoms with E-state index in [1.54, 1.807) is 12.1 Å². The molecule has 4 rings (SSSR count). The largest absolute Gasteiger partial charge is 0.466 e. The number of pyridine rings is 1. The lowest BCUT2D eigenvalue weighted by molar-refractivity contribution is -0.119. The normalized spacial score (nSPS) is 19.8. The lowest BCUT2D eigenvalue weighted by atomic mass is 10.0. The third-order valence-corrected chi connectivity index (χ3v) is 4.59. The van der Waals surface area contributed by atoms with Crippen molar-refractivity contribution in [3.05, 3.63) is 47.5 Å². The number of rotatable bonds is 3. The molecule has 2 amide bonds. The Morgan fingerprint density at radius 2 is 2.25 bits per heavy atom. The molecule has 1 saturated heterocycles. The maximum absolute atomic E-state index is 14.7. The molecular formula is C19H15FN4O4. The van der Waals surface area contributed by atoms with E-state index in [9.17, 15) is 14.0 Å². The van der Waals surface area contributed by atoms with Gasteiger partial charge in [0.05, 0.1) is 13.1 Å². The Morgan fingerprint density at radius 3 is 3.00 bits per heavy atom. The van der Waals surface area contributed by atoms with Crippen LogP contribution in [-0.2, 0) is 16.1 Å². The molecule has 0 aliphatic carbocycles. The van der Waals surface area contributed by atoms with E-state index in [2.05, 4.69) is 10.3 Å². The number of amides is 2. The highest BCUT2D eigenvalue weighted by Crippen LogP contribution is 2.37. The molecule has 2 aliphatic heterocycles. The monoisotopic (exact) mass is 382 g/mol. The molecule has 0 radical (unpaired) electrons. The smallest absolute Gasteiger partial charge is 0.413 e. The highest BCUT2D eigenvalue weighted by Gasteiger charge is 2.46. The van der Waals surface area contributed by atoms with Crippen LogP contribution in [0.3, 0.4) is 0 Å². The average Bonchev–Trinajstić information content (AvgIpc) is 2.99. The summed E-state index contributed by atoms with van der Waals surface area (Å²) < 4.78 is 25.8. The van der Waals surface area contributed by atoms with Gasteiger partial charge in [0.1, 0.15) is 23.3 Å². The Balaban J connectivity index is 1.65. The van der Waals surface area contributed by atoms with Crippen LogP contribution in [0.1, 0.15) is 18.2 Å². The van der Waals surface area contributed by atoms with Crippen LogP contribution in [0.5, 0.6) is 5.75 Å². The van der Waals surface area contributed by atoms with Crippen LogP contribution in [0, 0.1) is 17.1 Å². The molecule has 3 heterocycles. The van der Waals surface area contributed by atoms with E-state index in [4.69, 9.17) is 14.7 Å². The molecule has 0 saturated carbocycles. The Morgan fingerprint density at radius 1 is 1.43 bits per heavy atom. The Bertz CT molecular complexity index is 1020. The van der Waals surface area contributed by atoms with Crippen molar-refractivity contribution in [2.75, 3.05) is 6.54 Å². The van der Waals surface area contributed by atoms with Gasteiger partial charge in [0.25, 0.3) is 0 Å². The fourth-order valence-corrected chi connectivity index (χ4v) is 3.27. The van der Waals surface area contributed by atoms with Crippen LogP contribution in [0.25, 0.3) is 11.1 Å². The highest BCUT2D eigenvalue weighted by atomic mass is 19.1. The number of aromatic nitrogens is 1. The number of carbonyl (C=O) groups is 2. The van der Waals surface area contributed by atoms with Crippen LogP contribution in [0.2, 0.25) is 0 Å². The fourth-order valence-electron chi connectivity index (χ4n) is 3.27. The second kappa shape index (κ2) is 6.81. The second-order valence-electron chi connectivity index (χ2n) is 6.48. The molecule has 2 aromatic rings. The number of nitrogens with one attached hydrogen (secondary N) is 1. The van der Waals surface area contributed by atoms with Gasteiger partial charge in [0, 0.05) is 30.3 Å². The molecule has 1 aromatic carbocycles. The number of fused-ring (bicyclic) bond motifs is 2. The van der Waals surface area contributed by atoms with Crippen molar-refractivity contribution in [3.63, 3.8) is 0 Å². The van der Waals surface area contributed by atoms with Gasteiger partial charge in [-0.25, -0.2) is 14.2 Å². The van der Waals surface area contributed by atoms with Crippen LogP contribution >= 0.6 is 0 Å². The predicted octanol–water partition coefficient (Wildman–Crippen LogP) is 1.93. The predicted molar refractivity (Wildman–Crippen MR) is 93.3 cm³/mol. The maximum atomic E-state index is 14.7. The minimum absolute atomic E-state index is 0.103. The van der Waals surface area contributed by atoms with Gasteiger partial charge in [-0.05, 0) is 23.8 Å². The van der Waals surface area contributed by atoms with Crippen molar-refractivity contribution in [2.45, 2.75) is 25.8 Å². The van der Waals surface area contributed by atoms with E-state index in [0.29, 0.717) is 16.9 Å². The summed E-state index contributed by atoms with van der Waals surface area (Å²) in [5.41, 5.74) is 1.57. The van der Waals surface area contributed by atoms with Crippen molar-refractivity contribution < 1.29 is 23.5 Å².